The predicted octanol–water partition coefficient (Wildman–Crippen LogP) is 1.28. The summed E-state index contributed by atoms with van der Waals surface area (Å²) in [4.78, 5) is 11.0. The van der Waals surface area contributed by atoms with Gasteiger partial charge in [0, 0.05) is 30.0 Å². The quantitative estimate of drug-likeness (QED) is 0.838. The van der Waals surface area contributed by atoms with Crippen LogP contribution in [0.2, 0.25) is 0 Å². The highest BCUT2D eigenvalue weighted by Crippen LogP contribution is 2.37. The SMILES string of the molecule is CCOc1cc2c(cc1[C@@H](N)CC(N)=O)OC(C)C2. The Labute approximate surface area is 112 Å². The lowest BCUT2D eigenvalue weighted by molar-refractivity contribution is -0.118. The molecular weight excluding hydrogens is 244 g/mol. The van der Waals surface area contributed by atoms with Crippen molar-refractivity contribution >= 4 is 5.91 Å². The number of hydrogen-bond acceptors (Lipinski definition) is 4. The molecule has 2 atom stereocenters. The number of amides is 1. The van der Waals surface area contributed by atoms with Gasteiger partial charge in [-0.25, -0.2) is 0 Å². The Morgan fingerprint density at radius 3 is 2.95 bits per heavy atom. The van der Waals surface area contributed by atoms with Gasteiger partial charge in [-0.3, -0.25) is 4.79 Å². The summed E-state index contributed by atoms with van der Waals surface area (Å²) in [5.74, 6) is 1.11. The monoisotopic (exact) mass is 264 g/mol. The second-order valence-electron chi connectivity index (χ2n) is 4.84. The van der Waals surface area contributed by atoms with E-state index in [9.17, 15) is 4.79 Å². The molecule has 0 fully saturated rings. The lowest BCUT2D eigenvalue weighted by atomic mass is 9.99. The summed E-state index contributed by atoms with van der Waals surface area (Å²) in [6.45, 7) is 4.48. The molecule has 1 unspecified atom stereocenters. The number of nitrogens with two attached hydrogens (primary N) is 2. The second kappa shape index (κ2) is 5.48. The second-order valence-corrected chi connectivity index (χ2v) is 4.84. The minimum atomic E-state index is -0.469. The Balaban J connectivity index is 2.35. The molecule has 0 spiro atoms. The molecule has 0 bridgehead atoms. The first-order valence-electron chi connectivity index (χ1n) is 6.51. The summed E-state index contributed by atoms with van der Waals surface area (Å²) >= 11 is 0. The molecule has 0 saturated heterocycles. The van der Waals surface area contributed by atoms with Gasteiger partial charge >= 0.3 is 0 Å². The van der Waals surface area contributed by atoms with Gasteiger partial charge in [-0.1, -0.05) is 0 Å². The molecule has 1 aliphatic heterocycles. The summed E-state index contributed by atoms with van der Waals surface area (Å²) in [6.07, 6.45) is 1.11. The average Bonchev–Trinajstić information content (AvgIpc) is 2.66. The van der Waals surface area contributed by atoms with Gasteiger partial charge in [-0.15, -0.1) is 0 Å². The first-order valence-corrected chi connectivity index (χ1v) is 6.51. The molecule has 104 valence electrons. The van der Waals surface area contributed by atoms with Gasteiger partial charge < -0.3 is 20.9 Å². The van der Waals surface area contributed by atoms with Crippen LogP contribution < -0.4 is 20.9 Å². The van der Waals surface area contributed by atoms with E-state index in [1.54, 1.807) is 0 Å². The zero-order valence-electron chi connectivity index (χ0n) is 11.3. The molecule has 0 saturated carbocycles. The van der Waals surface area contributed by atoms with Crippen LogP contribution in [0.5, 0.6) is 11.5 Å². The number of carbonyl (C=O) groups excluding carboxylic acids is 1. The average molecular weight is 264 g/mol. The van der Waals surface area contributed by atoms with E-state index in [1.165, 1.54) is 0 Å². The topological polar surface area (TPSA) is 87.6 Å². The predicted molar refractivity (Wildman–Crippen MR) is 72.1 cm³/mol. The summed E-state index contributed by atoms with van der Waals surface area (Å²) < 4.78 is 11.3. The van der Waals surface area contributed by atoms with Crippen molar-refractivity contribution in [1.82, 2.24) is 0 Å². The van der Waals surface area contributed by atoms with Crippen molar-refractivity contribution in [2.45, 2.75) is 38.8 Å². The van der Waals surface area contributed by atoms with E-state index in [0.29, 0.717) is 12.4 Å². The zero-order valence-corrected chi connectivity index (χ0v) is 11.3. The molecule has 1 amide bonds. The van der Waals surface area contributed by atoms with E-state index >= 15 is 0 Å². The van der Waals surface area contributed by atoms with E-state index in [4.69, 9.17) is 20.9 Å². The van der Waals surface area contributed by atoms with Crippen molar-refractivity contribution in [2.24, 2.45) is 11.5 Å². The number of primary amides is 1. The Morgan fingerprint density at radius 2 is 2.32 bits per heavy atom. The number of fused-ring (bicyclic) bond motifs is 1. The lowest BCUT2D eigenvalue weighted by Crippen LogP contribution is -2.21. The van der Waals surface area contributed by atoms with Crippen LogP contribution in [0.25, 0.3) is 0 Å². The van der Waals surface area contributed by atoms with Crippen molar-refractivity contribution in [3.63, 3.8) is 0 Å². The van der Waals surface area contributed by atoms with Crippen molar-refractivity contribution in [1.29, 1.82) is 0 Å². The molecule has 1 aromatic carbocycles. The third-order valence-corrected chi connectivity index (χ3v) is 3.15. The molecule has 0 aromatic heterocycles. The van der Waals surface area contributed by atoms with Crippen LogP contribution >= 0.6 is 0 Å². The summed E-state index contributed by atoms with van der Waals surface area (Å²) in [5.41, 5.74) is 13.1. The Kier molecular flexibility index (Phi) is 3.95. The van der Waals surface area contributed by atoms with Crippen LogP contribution in [0.4, 0.5) is 0 Å². The normalized spacial score (nSPS) is 18.6. The van der Waals surface area contributed by atoms with Gasteiger partial charge in [0.05, 0.1) is 6.61 Å². The fourth-order valence-electron chi connectivity index (χ4n) is 2.35. The van der Waals surface area contributed by atoms with Gasteiger partial charge in [0.2, 0.25) is 5.91 Å². The highest BCUT2D eigenvalue weighted by atomic mass is 16.5. The highest BCUT2D eigenvalue weighted by molar-refractivity contribution is 5.75. The van der Waals surface area contributed by atoms with Gasteiger partial charge in [0.15, 0.2) is 0 Å². The standard InChI is InChI=1S/C14H20N2O3/c1-3-18-13-5-9-4-8(2)19-12(9)6-10(13)11(15)7-14(16)17/h5-6,8,11H,3-4,7,15H2,1-2H3,(H2,16,17)/t8?,11-/m0/s1. The molecule has 5 heteroatoms. The maximum Gasteiger partial charge on any atom is 0.219 e. The zero-order chi connectivity index (χ0) is 14.0. The maximum atomic E-state index is 11.0. The van der Waals surface area contributed by atoms with Crippen LogP contribution in [0.3, 0.4) is 0 Å². The Morgan fingerprint density at radius 1 is 1.58 bits per heavy atom. The summed E-state index contributed by atoms with van der Waals surface area (Å²) in [7, 11) is 0. The van der Waals surface area contributed by atoms with E-state index in [2.05, 4.69) is 0 Å². The van der Waals surface area contributed by atoms with E-state index < -0.39 is 11.9 Å². The number of carbonyl (C=O) groups is 1. The first kappa shape index (κ1) is 13.7. The van der Waals surface area contributed by atoms with Crippen LogP contribution in [0, 0.1) is 0 Å². The molecule has 0 radical (unpaired) electrons. The molecule has 2 rings (SSSR count). The molecule has 1 aliphatic rings. The van der Waals surface area contributed by atoms with Crippen LogP contribution in [-0.4, -0.2) is 18.6 Å². The van der Waals surface area contributed by atoms with Gasteiger partial charge in [-0.2, -0.15) is 0 Å². The van der Waals surface area contributed by atoms with E-state index in [0.717, 1.165) is 23.3 Å². The van der Waals surface area contributed by atoms with Gasteiger partial charge in [0.1, 0.15) is 17.6 Å². The number of ether oxygens (including phenoxy) is 2. The summed E-state index contributed by atoms with van der Waals surface area (Å²) in [6, 6.07) is 3.36. The molecule has 1 heterocycles. The first-order chi connectivity index (χ1) is 9.01. The van der Waals surface area contributed by atoms with Crippen molar-refractivity contribution in [2.75, 3.05) is 6.61 Å². The number of rotatable bonds is 5. The van der Waals surface area contributed by atoms with Crippen molar-refractivity contribution in [3.05, 3.63) is 23.3 Å². The van der Waals surface area contributed by atoms with Crippen LogP contribution in [0.15, 0.2) is 12.1 Å². The number of benzene rings is 1. The maximum absolute atomic E-state index is 11.0. The Bertz CT molecular complexity index is 488. The fourth-order valence-corrected chi connectivity index (χ4v) is 2.35. The number of hydrogen-bond donors (Lipinski definition) is 2. The van der Waals surface area contributed by atoms with Crippen molar-refractivity contribution in [3.8, 4) is 11.5 Å². The smallest absolute Gasteiger partial charge is 0.219 e. The molecule has 0 aliphatic carbocycles. The van der Waals surface area contributed by atoms with E-state index in [1.807, 2.05) is 26.0 Å². The summed E-state index contributed by atoms with van der Waals surface area (Å²) in [5, 5.41) is 0. The third kappa shape index (κ3) is 2.98. The molecule has 4 N–H and O–H groups in total. The van der Waals surface area contributed by atoms with Crippen molar-refractivity contribution < 1.29 is 14.3 Å². The van der Waals surface area contributed by atoms with Gasteiger partial charge in [0.25, 0.3) is 0 Å². The minimum Gasteiger partial charge on any atom is -0.494 e. The minimum absolute atomic E-state index is 0.0917. The fraction of sp³-hybridized carbons (Fsp3) is 0.500. The van der Waals surface area contributed by atoms with Crippen LogP contribution in [-0.2, 0) is 11.2 Å². The van der Waals surface area contributed by atoms with E-state index in [-0.39, 0.29) is 12.5 Å². The molecule has 19 heavy (non-hydrogen) atoms. The highest BCUT2D eigenvalue weighted by Gasteiger charge is 2.24. The lowest BCUT2D eigenvalue weighted by Gasteiger charge is -2.17. The molecular formula is C14H20N2O3. The molecule has 1 aromatic rings. The molecule has 5 nitrogen and oxygen atoms in total. The largest absolute Gasteiger partial charge is 0.494 e. The van der Waals surface area contributed by atoms with Gasteiger partial charge in [-0.05, 0) is 26.0 Å². The Hall–Kier alpha value is -1.75. The third-order valence-electron chi connectivity index (χ3n) is 3.15. The van der Waals surface area contributed by atoms with Crippen LogP contribution in [0.1, 0.15) is 37.4 Å².